The van der Waals surface area contributed by atoms with Crippen LogP contribution in [0, 0.1) is 5.41 Å². The summed E-state index contributed by atoms with van der Waals surface area (Å²) in [4.78, 5) is 22.3. The van der Waals surface area contributed by atoms with Gasteiger partial charge >= 0.3 is 11.9 Å². The number of carbonyl (C=O) groups is 2. The molecule has 0 aromatic carbocycles. The highest BCUT2D eigenvalue weighted by atomic mass is 32.1. The molecule has 0 amide bonds. The molecule has 0 rings (SSSR count). The van der Waals surface area contributed by atoms with Crippen LogP contribution >= 0.6 is 25.3 Å². The van der Waals surface area contributed by atoms with Gasteiger partial charge in [-0.05, 0) is 37.2 Å². The van der Waals surface area contributed by atoms with Gasteiger partial charge in [0.25, 0.3) is 0 Å². The van der Waals surface area contributed by atoms with Gasteiger partial charge in [0.1, 0.15) is 0 Å². The molecule has 0 radical (unpaired) electrons. The lowest BCUT2D eigenvalue weighted by atomic mass is 9.75. The summed E-state index contributed by atoms with van der Waals surface area (Å²) in [5.41, 5.74) is -1.13. The third-order valence-electron chi connectivity index (χ3n) is 3.07. The second-order valence-corrected chi connectivity index (χ2v) is 5.41. The lowest BCUT2D eigenvalue weighted by Crippen LogP contribution is -2.34. The Hall–Kier alpha value is -0.360. The minimum absolute atomic E-state index is 0.304. The number of thiol groups is 2. The van der Waals surface area contributed by atoms with Crippen LogP contribution in [-0.4, -0.2) is 33.7 Å². The van der Waals surface area contributed by atoms with E-state index in [1.54, 1.807) is 0 Å². The highest BCUT2D eigenvalue weighted by Crippen LogP contribution is 2.35. The van der Waals surface area contributed by atoms with Crippen LogP contribution < -0.4 is 0 Å². The van der Waals surface area contributed by atoms with Gasteiger partial charge in [0.15, 0.2) is 0 Å². The summed E-state index contributed by atoms with van der Waals surface area (Å²) in [5.74, 6) is -0.656. The van der Waals surface area contributed by atoms with Crippen molar-refractivity contribution in [1.29, 1.82) is 0 Å². The molecule has 0 saturated carbocycles. The Morgan fingerprint density at radius 3 is 1.61 bits per heavy atom. The third kappa shape index (κ3) is 6.54. The van der Waals surface area contributed by atoms with E-state index < -0.39 is 17.4 Å². The molecule has 0 aliphatic rings. The van der Waals surface area contributed by atoms with Gasteiger partial charge in [0.2, 0.25) is 0 Å². The molecular formula is C12H22O4S2. The standard InChI is InChI=1S/C12H22O4S2/c13-10(14)9-12(11(15)16,5-1-3-7-17)6-2-4-8-18/h17-18H,1-9H2,(H,13,14)(H,15,16). The van der Waals surface area contributed by atoms with Crippen LogP contribution in [0.15, 0.2) is 0 Å². The maximum Gasteiger partial charge on any atom is 0.310 e. The molecule has 0 saturated heterocycles. The van der Waals surface area contributed by atoms with Gasteiger partial charge in [0.05, 0.1) is 11.8 Å². The Morgan fingerprint density at radius 2 is 1.33 bits per heavy atom. The highest BCUT2D eigenvalue weighted by molar-refractivity contribution is 7.80. The molecule has 2 N–H and O–H groups in total. The molecule has 0 heterocycles. The second kappa shape index (κ2) is 9.55. The Labute approximate surface area is 119 Å². The van der Waals surface area contributed by atoms with Gasteiger partial charge < -0.3 is 10.2 Å². The predicted molar refractivity (Wildman–Crippen MR) is 77.7 cm³/mol. The summed E-state index contributed by atoms with van der Waals surface area (Å²) in [6.45, 7) is 0. The summed E-state index contributed by atoms with van der Waals surface area (Å²) in [6, 6.07) is 0. The first-order chi connectivity index (χ1) is 8.48. The van der Waals surface area contributed by atoms with Crippen LogP contribution in [-0.2, 0) is 9.59 Å². The summed E-state index contributed by atoms with van der Waals surface area (Å²) in [6.07, 6.45) is 3.52. The zero-order valence-electron chi connectivity index (χ0n) is 10.5. The molecular weight excluding hydrogens is 272 g/mol. The maximum absolute atomic E-state index is 11.4. The summed E-state index contributed by atoms with van der Waals surface area (Å²) in [7, 11) is 0. The monoisotopic (exact) mass is 294 g/mol. The van der Waals surface area contributed by atoms with Crippen molar-refractivity contribution in [3.63, 3.8) is 0 Å². The third-order valence-corrected chi connectivity index (χ3v) is 3.70. The molecule has 0 aromatic rings. The van der Waals surface area contributed by atoms with Crippen molar-refractivity contribution in [3.05, 3.63) is 0 Å². The first-order valence-corrected chi connectivity index (χ1v) is 7.42. The molecule has 4 nitrogen and oxygen atoms in total. The van der Waals surface area contributed by atoms with E-state index in [4.69, 9.17) is 5.11 Å². The summed E-state index contributed by atoms with van der Waals surface area (Å²) < 4.78 is 0. The molecule has 0 unspecified atom stereocenters. The largest absolute Gasteiger partial charge is 0.481 e. The van der Waals surface area contributed by atoms with Gasteiger partial charge in [-0.3, -0.25) is 9.59 Å². The Bertz CT molecular complexity index is 259. The van der Waals surface area contributed by atoms with Crippen molar-refractivity contribution in [1.82, 2.24) is 0 Å². The van der Waals surface area contributed by atoms with E-state index in [2.05, 4.69) is 25.3 Å². The number of hydrogen-bond donors (Lipinski definition) is 4. The first kappa shape index (κ1) is 17.6. The minimum Gasteiger partial charge on any atom is -0.481 e. The number of carboxylic acid groups (broad SMARTS) is 2. The fourth-order valence-corrected chi connectivity index (χ4v) is 2.48. The van der Waals surface area contributed by atoms with E-state index in [0.717, 1.165) is 12.8 Å². The average Bonchev–Trinajstić information content (AvgIpc) is 2.28. The van der Waals surface area contributed by atoms with E-state index >= 15 is 0 Å². The topological polar surface area (TPSA) is 74.6 Å². The number of carboxylic acids is 2. The second-order valence-electron chi connectivity index (χ2n) is 4.52. The summed E-state index contributed by atoms with van der Waals surface area (Å²) in [5, 5.41) is 18.3. The van der Waals surface area contributed by atoms with Crippen molar-refractivity contribution >= 4 is 37.2 Å². The van der Waals surface area contributed by atoms with E-state index in [1.807, 2.05) is 0 Å². The molecule has 0 aromatic heterocycles. The Kier molecular flexibility index (Phi) is 9.36. The summed E-state index contributed by atoms with van der Waals surface area (Å²) >= 11 is 8.17. The predicted octanol–water partition coefficient (Wildman–Crippen LogP) is 2.73. The molecule has 6 heteroatoms. The number of rotatable bonds is 11. The number of unbranched alkanes of at least 4 members (excludes halogenated alkanes) is 2. The maximum atomic E-state index is 11.4. The van der Waals surface area contributed by atoms with Gasteiger partial charge in [-0.1, -0.05) is 12.8 Å². The van der Waals surface area contributed by atoms with E-state index in [1.165, 1.54) is 0 Å². The van der Waals surface area contributed by atoms with E-state index in [0.29, 0.717) is 37.2 Å². The van der Waals surface area contributed by atoms with Crippen LogP contribution in [0.25, 0.3) is 0 Å². The lowest BCUT2D eigenvalue weighted by Gasteiger charge is -2.28. The van der Waals surface area contributed by atoms with Crippen molar-refractivity contribution in [2.45, 2.75) is 44.9 Å². The number of hydrogen-bond acceptors (Lipinski definition) is 4. The van der Waals surface area contributed by atoms with Crippen molar-refractivity contribution in [2.75, 3.05) is 11.5 Å². The van der Waals surface area contributed by atoms with Crippen molar-refractivity contribution < 1.29 is 19.8 Å². The van der Waals surface area contributed by atoms with Crippen LogP contribution in [0.1, 0.15) is 44.9 Å². The fourth-order valence-electron chi connectivity index (χ4n) is 2.03. The Morgan fingerprint density at radius 1 is 0.889 bits per heavy atom. The van der Waals surface area contributed by atoms with Gasteiger partial charge in [-0.15, -0.1) is 0 Å². The molecule has 106 valence electrons. The molecule has 0 fully saturated rings. The molecule has 0 atom stereocenters. The zero-order valence-corrected chi connectivity index (χ0v) is 12.3. The highest BCUT2D eigenvalue weighted by Gasteiger charge is 2.39. The van der Waals surface area contributed by atoms with E-state index in [9.17, 15) is 14.7 Å². The van der Waals surface area contributed by atoms with Crippen LogP contribution in [0.2, 0.25) is 0 Å². The normalized spacial score (nSPS) is 11.4. The zero-order chi connectivity index (χ0) is 14.0. The Balaban J connectivity index is 4.67. The smallest absolute Gasteiger partial charge is 0.310 e. The molecule has 0 aliphatic carbocycles. The molecule has 0 bridgehead atoms. The minimum atomic E-state index is -1.13. The SMILES string of the molecule is O=C(O)CC(CCCCS)(CCCCS)C(=O)O. The van der Waals surface area contributed by atoms with Gasteiger partial charge in [-0.2, -0.15) is 25.3 Å². The van der Waals surface area contributed by atoms with Crippen molar-refractivity contribution in [2.24, 2.45) is 5.41 Å². The van der Waals surface area contributed by atoms with Crippen LogP contribution in [0.3, 0.4) is 0 Å². The van der Waals surface area contributed by atoms with E-state index in [-0.39, 0.29) is 6.42 Å². The van der Waals surface area contributed by atoms with Crippen LogP contribution in [0.5, 0.6) is 0 Å². The molecule has 18 heavy (non-hydrogen) atoms. The molecule has 0 aliphatic heterocycles. The fraction of sp³-hybridized carbons (Fsp3) is 0.833. The van der Waals surface area contributed by atoms with Gasteiger partial charge in [0, 0.05) is 0 Å². The lowest BCUT2D eigenvalue weighted by molar-refractivity contribution is -0.157. The quantitative estimate of drug-likeness (QED) is 0.349. The van der Waals surface area contributed by atoms with Crippen molar-refractivity contribution in [3.8, 4) is 0 Å². The average molecular weight is 294 g/mol. The van der Waals surface area contributed by atoms with Gasteiger partial charge in [-0.25, -0.2) is 0 Å². The molecule has 0 spiro atoms. The first-order valence-electron chi connectivity index (χ1n) is 6.15. The van der Waals surface area contributed by atoms with Crippen LogP contribution in [0.4, 0.5) is 0 Å². The number of aliphatic carboxylic acids is 2.